The molecule has 72 valence electrons. The minimum Gasteiger partial charge on any atom is -0.347 e. The summed E-state index contributed by atoms with van der Waals surface area (Å²) >= 11 is 0. The SMILES string of the molecule is CCCn1ccc2ccc(C=O)cc21. The zero-order valence-corrected chi connectivity index (χ0v) is 8.23. The standard InChI is InChI=1S/C12H13NO/c1-2-6-13-7-5-11-4-3-10(9-14)8-12(11)13/h3-5,7-9H,2,6H2,1H3. The highest BCUT2D eigenvalue weighted by Gasteiger charge is 2.00. The first-order valence-corrected chi connectivity index (χ1v) is 4.89. The number of rotatable bonds is 3. The maximum atomic E-state index is 10.6. The lowest BCUT2D eigenvalue weighted by atomic mass is 10.2. The largest absolute Gasteiger partial charge is 0.347 e. The Kier molecular flexibility index (Phi) is 2.35. The summed E-state index contributed by atoms with van der Waals surface area (Å²) < 4.78 is 2.18. The van der Waals surface area contributed by atoms with Gasteiger partial charge in [0.2, 0.25) is 0 Å². The molecule has 1 aromatic heterocycles. The van der Waals surface area contributed by atoms with Crippen molar-refractivity contribution in [1.82, 2.24) is 4.57 Å². The van der Waals surface area contributed by atoms with E-state index in [-0.39, 0.29) is 0 Å². The van der Waals surface area contributed by atoms with Crippen molar-refractivity contribution in [3.63, 3.8) is 0 Å². The van der Waals surface area contributed by atoms with Crippen molar-refractivity contribution in [1.29, 1.82) is 0 Å². The fourth-order valence-electron chi connectivity index (χ4n) is 1.71. The van der Waals surface area contributed by atoms with Gasteiger partial charge >= 0.3 is 0 Å². The number of aldehydes is 1. The second kappa shape index (κ2) is 3.66. The molecule has 1 heterocycles. The van der Waals surface area contributed by atoms with E-state index < -0.39 is 0 Å². The van der Waals surface area contributed by atoms with Gasteiger partial charge < -0.3 is 4.57 Å². The summed E-state index contributed by atoms with van der Waals surface area (Å²) in [6.07, 6.45) is 4.07. The monoisotopic (exact) mass is 187 g/mol. The second-order valence-corrected chi connectivity index (χ2v) is 3.45. The summed E-state index contributed by atoms with van der Waals surface area (Å²) in [6.45, 7) is 3.15. The van der Waals surface area contributed by atoms with Gasteiger partial charge in [-0.3, -0.25) is 4.79 Å². The van der Waals surface area contributed by atoms with E-state index in [9.17, 15) is 4.79 Å². The molecule has 0 unspecified atom stereocenters. The number of nitrogens with zero attached hydrogens (tertiary/aromatic N) is 1. The highest BCUT2D eigenvalue weighted by Crippen LogP contribution is 2.17. The van der Waals surface area contributed by atoms with Crippen LogP contribution in [0, 0.1) is 0 Å². The zero-order chi connectivity index (χ0) is 9.97. The number of hydrogen-bond donors (Lipinski definition) is 0. The van der Waals surface area contributed by atoms with Crippen molar-refractivity contribution in [3.05, 3.63) is 36.0 Å². The summed E-state index contributed by atoms with van der Waals surface area (Å²) in [5.41, 5.74) is 1.89. The fourth-order valence-corrected chi connectivity index (χ4v) is 1.71. The Bertz CT molecular complexity index is 456. The van der Waals surface area contributed by atoms with Gasteiger partial charge in [-0.25, -0.2) is 0 Å². The van der Waals surface area contributed by atoms with Crippen LogP contribution >= 0.6 is 0 Å². The van der Waals surface area contributed by atoms with E-state index >= 15 is 0 Å². The Hall–Kier alpha value is -1.57. The predicted molar refractivity (Wildman–Crippen MR) is 57.6 cm³/mol. The van der Waals surface area contributed by atoms with Gasteiger partial charge in [0.25, 0.3) is 0 Å². The molecule has 0 saturated carbocycles. The van der Waals surface area contributed by atoms with Crippen LogP contribution < -0.4 is 0 Å². The normalized spacial score (nSPS) is 10.6. The number of aromatic nitrogens is 1. The number of carbonyl (C=O) groups is 1. The maximum Gasteiger partial charge on any atom is 0.150 e. The van der Waals surface area contributed by atoms with Crippen LogP contribution in [0.5, 0.6) is 0 Å². The lowest BCUT2D eigenvalue weighted by molar-refractivity contribution is 0.112. The van der Waals surface area contributed by atoms with Gasteiger partial charge in [0.05, 0.1) is 0 Å². The highest BCUT2D eigenvalue weighted by molar-refractivity contribution is 5.87. The molecule has 0 N–H and O–H groups in total. The Morgan fingerprint density at radius 1 is 1.36 bits per heavy atom. The summed E-state index contributed by atoms with van der Waals surface area (Å²) in [6, 6.07) is 7.87. The highest BCUT2D eigenvalue weighted by atomic mass is 16.1. The number of aryl methyl sites for hydroxylation is 1. The van der Waals surface area contributed by atoms with Gasteiger partial charge in [0, 0.05) is 23.8 Å². The van der Waals surface area contributed by atoms with E-state index in [2.05, 4.69) is 23.8 Å². The Balaban J connectivity index is 2.57. The number of benzene rings is 1. The van der Waals surface area contributed by atoms with Crippen LogP contribution in [0.2, 0.25) is 0 Å². The molecule has 2 rings (SSSR count). The molecular weight excluding hydrogens is 174 g/mol. The van der Waals surface area contributed by atoms with Crippen LogP contribution in [0.3, 0.4) is 0 Å². The summed E-state index contributed by atoms with van der Waals surface area (Å²) in [5.74, 6) is 0. The Morgan fingerprint density at radius 2 is 2.21 bits per heavy atom. The zero-order valence-electron chi connectivity index (χ0n) is 8.23. The minimum atomic E-state index is 0.744. The van der Waals surface area contributed by atoms with Crippen molar-refractivity contribution in [2.24, 2.45) is 0 Å². The van der Waals surface area contributed by atoms with Gasteiger partial charge in [-0.15, -0.1) is 0 Å². The van der Waals surface area contributed by atoms with Crippen LogP contribution in [-0.2, 0) is 6.54 Å². The molecule has 0 amide bonds. The van der Waals surface area contributed by atoms with E-state index in [4.69, 9.17) is 0 Å². The van der Waals surface area contributed by atoms with Crippen LogP contribution in [0.1, 0.15) is 23.7 Å². The molecular formula is C12H13NO. The Labute approximate surface area is 83.2 Å². The van der Waals surface area contributed by atoms with Crippen molar-refractivity contribution < 1.29 is 4.79 Å². The molecule has 0 aliphatic rings. The molecule has 0 aliphatic carbocycles. The van der Waals surface area contributed by atoms with Crippen LogP contribution in [-0.4, -0.2) is 10.9 Å². The van der Waals surface area contributed by atoms with E-state index in [0.717, 1.165) is 30.3 Å². The van der Waals surface area contributed by atoms with Gasteiger partial charge in [-0.1, -0.05) is 19.1 Å². The van der Waals surface area contributed by atoms with Crippen molar-refractivity contribution in [3.8, 4) is 0 Å². The quantitative estimate of drug-likeness (QED) is 0.677. The average Bonchev–Trinajstić information content (AvgIpc) is 2.61. The maximum absolute atomic E-state index is 10.6. The third kappa shape index (κ3) is 1.43. The predicted octanol–water partition coefficient (Wildman–Crippen LogP) is 2.86. The summed E-state index contributed by atoms with van der Waals surface area (Å²) in [4.78, 5) is 10.6. The molecule has 0 atom stereocenters. The van der Waals surface area contributed by atoms with Crippen molar-refractivity contribution in [2.75, 3.05) is 0 Å². The summed E-state index contributed by atoms with van der Waals surface area (Å²) in [5, 5.41) is 1.20. The number of hydrogen-bond acceptors (Lipinski definition) is 1. The van der Waals surface area contributed by atoms with Gasteiger partial charge in [-0.2, -0.15) is 0 Å². The minimum absolute atomic E-state index is 0.744. The first-order valence-electron chi connectivity index (χ1n) is 4.89. The topological polar surface area (TPSA) is 22.0 Å². The smallest absolute Gasteiger partial charge is 0.150 e. The van der Waals surface area contributed by atoms with E-state index in [1.54, 1.807) is 0 Å². The Morgan fingerprint density at radius 3 is 2.93 bits per heavy atom. The molecule has 2 heteroatoms. The molecule has 0 radical (unpaired) electrons. The first-order chi connectivity index (χ1) is 6.85. The molecule has 2 nitrogen and oxygen atoms in total. The van der Waals surface area contributed by atoms with Gasteiger partial charge in [0.1, 0.15) is 6.29 Å². The molecule has 2 aromatic rings. The molecule has 1 aromatic carbocycles. The van der Waals surface area contributed by atoms with Crippen molar-refractivity contribution >= 4 is 17.2 Å². The van der Waals surface area contributed by atoms with Gasteiger partial charge in [-0.05, 0) is 23.9 Å². The molecule has 0 bridgehead atoms. The molecule has 0 spiro atoms. The lowest BCUT2D eigenvalue weighted by Gasteiger charge is -2.02. The average molecular weight is 187 g/mol. The van der Waals surface area contributed by atoms with Crippen LogP contribution in [0.4, 0.5) is 0 Å². The van der Waals surface area contributed by atoms with E-state index in [1.807, 2.05) is 18.2 Å². The molecule has 0 saturated heterocycles. The fraction of sp³-hybridized carbons (Fsp3) is 0.250. The molecule has 14 heavy (non-hydrogen) atoms. The number of fused-ring (bicyclic) bond motifs is 1. The first kappa shape index (κ1) is 9.00. The number of carbonyl (C=O) groups excluding carboxylic acids is 1. The third-order valence-corrected chi connectivity index (χ3v) is 2.40. The third-order valence-electron chi connectivity index (χ3n) is 2.40. The van der Waals surface area contributed by atoms with Crippen molar-refractivity contribution in [2.45, 2.75) is 19.9 Å². The molecule has 0 aliphatic heterocycles. The molecule has 0 fully saturated rings. The van der Waals surface area contributed by atoms with E-state index in [0.29, 0.717) is 0 Å². The van der Waals surface area contributed by atoms with Crippen LogP contribution in [0.25, 0.3) is 10.9 Å². The summed E-state index contributed by atoms with van der Waals surface area (Å²) in [7, 11) is 0. The van der Waals surface area contributed by atoms with E-state index in [1.165, 1.54) is 5.39 Å². The van der Waals surface area contributed by atoms with Crippen LogP contribution in [0.15, 0.2) is 30.5 Å². The van der Waals surface area contributed by atoms with Gasteiger partial charge in [0.15, 0.2) is 0 Å². The second-order valence-electron chi connectivity index (χ2n) is 3.45. The lowest BCUT2D eigenvalue weighted by Crippen LogP contribution is -1.94.